The van der Waals surface area contributed by atoms with Crippen LogP contribution in [0.25, 0.3) is 12.2 Å². The van der Waals surface area contributed by atoms with E-state index in [0.717, 1.165) is 23.3 Å². The van der Waals surface area contributed by atoms with E-state index in [4.69, 9.17) is 0 Å². The molecule has 23 heavy (non-hydrogen) atoms. The number of carboxylic acids is 2. The summed E-state index contributed by atoms with van der Waals surface area (Å²) in [6, 6.07) is 6.83. The van der Waals surface area contributed by atoms with E-state index in [2.05, 4.69) is 9.97 Å². The smallest absolute Gasteiger partial charge is 0.545 e. The zero-order valence-electron chi connectivity index (χ0n) is 12.2. The van der Waals surface area contributed by atoms with Crippen LogP contribution in [0.5, 0.6) is 0 Å². The molecule has 0 fully saturated rings. The Labute approximate surface area is 153 Å². The number of pyridine rings is 2. The number of carboxylic acid groups (broad SMARTS) is 2. The van der Waals surface area contributed by atoms with E-state index in [-0.39, 0.29) is 27.3 Å². The predicted octanol–water partition coefficient (Wildman–Crippen LogP) is -0.313. The molecule has 2 aromatic rings. The van der Waals surface area contributed by atoms with E-state index in [0.29, 0.717) is 0 Å². The third-order valence-electron chi connectivity index (χ3n) is 2.24. The molecule has 0 amide bonds. The second-order valence-electron chi connectivity index (χ2n) is 3.87. The van der Waals surface area contributed by atoms with E-state index < -0.39 is 11.9 Å². The van der Waals surface area contributed by atoms with E-state index in [1.807, 2.05) is 0 Å². The number of carbonyl (C=O) groups is 2. The molecule has 2 heterocycles. The van der Waals surface area contributed by atoms with E-state index in [9.17, 15) is 19.8 Å². The van der Waals surface area contributed by atoms with Gasteiger partial charge >= 0.3 is 27.3 Å². The van der Waals surface area contributed by atoms with Gasteiger partial charge in [-0.2, -0.15) is 0 Å². The Balaban J connectivity index is 0.000000403. The first-order valence-corrected chi connectivity index (χ1v) is 6.16. The van der Waals surface area contributed by atoms with Crippen LogP contribution >= 0.6 is 0 Å². The maximum atomic E-state index is 9.96. The molecule has 2 aromatic heterocycles. The molecule has 0 aliphatic rings. The Morgan fingerprint density at radius 3 is 1.30 bits per heavy atom. The molecule has 112 valence electrons. The van der Waals surface area contributed by atoms with E-state index in [1.165, 1.54) is 12.2 Å². The fraction of sp³-hybridized carbons (Fsp3) is 0. The van der Waals surface area contributed by atoms with Gasteiger partial charge in [-0.25, -0.2) is 0 Å². The Morgan fingerprint density at radius 1 is 0.739 bits per heavy atom. The summed E-state index contributed by atoms with van der Waals surface area (Å²) in [6.07, 6.45) is 11.2. The first-order valence-electron chi connectivity index (χ1n) is 6.16. The van der Waals surface area contributed by atoms with Crippen LogP contribution in [-0.2, 0) is 36.9 Å². The van der Waals surface area contributed by atoms with E-state index >= 15 is 0 Å². The fourth-order valence-corrected chi connectivity index (χ4v) is 1.28. The van der Waals surface area contributed by atoms with Gasteiger partial charge in [0.2, 0.25) is 0 Å². The minimum absolute atomic E-state index is 0. The summed E-state index contributed by atoms with van der Waals surface area (Å²) >= 11 is 0. The summed E-state index contributed by atoms with van der Waals surface area (Å²) in [5.74, 6) is -2.39. The molecule has 0 aliphatic carbocycles. The number of aliphatic carboxylic acids is 2. The second kappa shape index (κ2) is 12.2. The van der Waals surface area contributed by atoms with Crippen LogP contribution in [0, 0.1) is 0 Å². The minimum Gasteiger partial charge on any atom is -0.545 e. The Morgan fingerprint density at radius 2 is 1.04 bits per heavy atom. The molecule has 2 rings (SSSR count). The average molecular weight is 409 g/mol. The zero-order chi connectivity index (χ0) is 16.2. The number of rotatable bonds is 4. The fourth-order valence-electron chi connectivity index (χ4n) is 1.28. The largest absolute Gasteiger partial charge is 2.00 e. The molecular formula is C16H12CdN2O4. The summed E-state index contributed by atoms with van der Waals surface area (Å²) in [7, 11) is 0. The normalized spacial score (nSPS) is 9.74. The summed E-state index contributed by atoms with van der Waals surface area (Å²) in [5.41, 5.74) is 1.59. The standard InChI is InChI=1S/2C8H7NO2.Cd/c2*10-8(11)2-1-7-3-5-9-6-4-7;/h2*1-6H,(H,10,11);/q;;+2/p-2/b2*2-1+;. The van der Waals surface area contributed by atoms with Crippen molar-refractivity contribution in [3.63, 3.8) is 0 Å². The summed E-state index contributed by atoms with van der Waals surface area (Å²) in [4.78, 5) is 27.5. The van der Waals surface area contributed by atoms with Crippen molar-refractivity contribution in [2.45, 2.75) is 0 Å². The zero-order valence-corrected chi connectivity index (χ0v) is 16.2. The maximum Gasteiger partial charge on any atom is 2.00 e. The third kappa shape index (κ3) is 10.9. The minimum atomic E-state index is -1.19. The van der Waals surface area contributed by atoms with Crippen molar-refractivity contribution >= 4 is 24.1 Å². The van der Waals surface area contributed by atoms with Crippen LogP contribution < -0.4 is 10.2 Å². The van der Waals surface area contributed by atoms with Gasteiger partial charge in [-0.1, -0.05) is 12.2 Å². The van der Waals surface area contributed by atoms with Gasteiger partial charge in [0.05, 0.1) is 11.9 Å². The molecular weight excluding hydrogens is 397 g/mol. The van der Waals surface area contributed by atoms with Crippen molar-refractivity contribution in [2.75, 3.05) is 0 Å². The summed E-state index contributed by atoms with van der Waals surface area (Å²) in [5, 5.41) is 19.9. The molecule has 0 bridgehead atoms. The van der Waals surface area contributed by atoms with Crippen molar-refractivity contribution in [1.29, 1.82) is 0 Å². The van der Waals surface area contributed by atoms with Crippen LogP contribution in [0.1, 0.15) is 11.1 Å². The molecule has 0 N–H and O–H groups in total. The molecule has 0 spiro atoms. The van der Waals surface area contributed by atoms with Gasteiger partial charge < -0.3 is 19.8 Å². The average Bonchev–Trinajstić information content (AvgIpc) is 2.53. The Bertz CT molecular complexity index is 599. The molecule has 0 saturated carbocycles. The van der Waals surface area contributed by atoms with Gasteiger partial charge in [0.15, 0.2) is 0 Å². The van der Waals surface area contributed by atoms with Crippen LogP contribution in [0.2, 0.25) is 0 Å². The number of hydrogen-bond acceptors (Lipinski definition) is 6. The van der Waals surface area contributed by atoms with Crippen LogP contribution in [0.4, 0.5) is 0 Å². The molecule has 0 aromatic carbocycles. The number of nitrogens with zero attached hydrogens (tertiary/aromatic N) is 2. The molecule has 0 radical (unpaired) electrons. The van der Waals surface area contributed by atoms with Gasteiger partial charge in [0, 0.05) is 24.8 Å². The van der Waals surface area contributed by atoms with Crippen molar-refractivity contribution in [1.82, 2.24) is 9.97 Å². The quantitative estimate of drug-likeness (QED) is 0.507. The van der Waals surface area contributed by atoms with Crippen LogP contribution in [-0.4, -0.2) is 21.9 Å². The SMILES string of the molecule is O=C([O-])/C=C/c1ccncc1.O=C([O-])/C=C/c1ccncc1.[Cd+2]. The first kappa shape index (κ1) is 20.6. The third-order valence-corrected chi connectivity index (χ3v) is 2.24. The Hall–Kier alpha value is -2.36. The molecule has 0 aliphatic heterocycles. The molecule has 0 atom stereocenters. The monoisotopic (exact) mass is 410 g/mol. The van der Waals surface area contributed by atoms with Crippen LogP contribution in [0.3, 0.4) is 0 Å². The number of hydrogen-bond donors (Lipinski definition) is 0. The van der Waals surface area contributed by atoms with E-state index in [1.54, 1.807) is 49.1 Å². The van der Waals surface area contributed by atoms with Crippen molar-refractivity contribution in [3.8, 4) is 0 Å². The molecule has 6 nitrogen and oxygen atoms in total. The second-order valence-corrected chi connectivity index (χ2v) is 3.87. The number of aromatic nitrogens is 2. The summed E-state index contributed by atoms with van der Waals surface area (Å²) < 4.78 is 0. The van der Waals surface area contributed by atoms with Gasteiger partial charge in [0.25, 0.3) is 0 Å². The van der Waals surface area contributed by atoms with Gasteiger partial charge in [-0.05, 0) is 47.5 Å². The summed E-state index contributed by atoms with van der Waals surface area (Å²) in [6.45, 7) is 0. The first-order chi connectivity index (χ1) is 10.6. The van der Waals surface area contributed by atoms with Gasteiger partial charge in [-0.3, -0.25) is 9.97 Å². The van der Waals surface area contributed by atoms with Gasteiger partial charge in [-0.15, -0.1) is 0 Å². The van der Waals surface area contributed by atoms with Crippen molar-refractivity contribution in [3.05, 3.63) is 72.3 Å². The molecule has 0 unspecified atom stereocenters. The van der Waals surface area contributed by atoms with Crippen LogP contribution in [0.15, 0.2) is 61.2 Å². The number of carbonyl (C=O) groups excluding carboxylic acids is 2. The van der Waals surface area contributed by atoms with Crippen molar-refractivity contribution in [2.24, 2.45) is 0 Å². The van der Waals surface area contributed by atoms with Gasteiger partial charge in [0.1, 0.15) is 0 Å². The predicted molar refractivity (Wildman–Crippen MR) is 76.6 cm³/mol. The molecule has 0 saturated heterocycles. The Kier molecular flexibility index (Phi) is 11.0. The molecule has 7 heteroatoms. The topological polar surface area (TPSA) is 106 Å². The van der Waals surface area contributed by atoms with Crippen molar-refractivity contribution < 1.29 is 47.1 Å². The maximum absolute atomic E-state index is 9.96.